The molecule has 1 aliphatic rings. The van der Waals surface area contributed by atoms with E-state index in [4.69, 9.17) is 5.11 Å². The summed E-state index contributed by atoms with van der Waals surface area (Å²) in [6, 6.07) is 11.5. The van der Waals surface area contributed by atoms with Gasteiger partial charge in [0.05, 0.1) is 0 Å². The molecule has 0 amide bonds. The molecule has 2 aromatic rings. The Morgan fingerprint density at radius 1 is 0.885 bits per heavy atom. The highest BCUT2D eigenvalue weighted by Crippen LogP contribution is 2.47. The SMILES string of the molecule is Cc1cc2c(cc1-c1ccc(C(=O)C(=O)O)cc1)C(C)(C)CCC2(C)C. The molecule has 0 aromatic heterocycles. The summed E-state index contributed by atoms with van der Waals surface area (Å²) >= 11 is 0. The van der Waals surface area contributed by atoms with Gasteiger partial charge in [-0.1, -0.05) is 64.1 Å². The smallest absolute Gasteiger partial charge is 0.377 e. The largest absolute Gasteiger partial charge is 0.475 e. The molecule has 0 spiro atoms. The molecular weight excluding hydrogens is 324 g/mol. The standard InChI is InChI=1S/C23H26O3/c1-14-12-18-19(23(4,5)11-10-22(18,2)3)13-17(14)15-6-8-16(9-7-15)20(24)21(25)26/h6-9,12-13H,10-11H2,1-5H3,(H,25,26). The first-order valence-corrected chi connectivity index (χ1v) is 9.07. The Balaban J connectivity index is 2.10. The fourth-order valence-electron chi connectivity index (χ4n) is 3.96. The molecule has 0 aliphatic heterocycles. The van der Waals surface area contributed by atoms with Crippen molar-refractivity contribution in [3.63, 3.8) is 0 Å². The molecule has 1 aliphatic carbocycles. The van der Waals surface area contributed by atoms with Gasteiger partial charge in [0, 0.05) is 5.56 Å². The molecule has 0 radical (unpaired) electrons. The van der Waals surface area contributed by atoms with Crippen molar-refractivity contribution in [2.45, 2.75) is 58.3 Å². The third kappa shape index (κ3) is 3.07. The average molecular weight is 350 g/mol. The number of rotatable bonds is 3. The molecule has 26 heavy (non-hydrogen) atoms. The molecule has 0 heterocycles. The Hall–Kier alpha value is -2.42. The van der Waals surface area contributed by atoms with Gasteiger partial charge in [0.1, 0.15) is 0 Å². The number of aliphatic carboxylic acids is 1. The van der Waals surface area contributed by atoms with E-state index >= 15 is 0 Å². The van der Waals surface area contributed by atoms with E-state index < -0.39 is 11.8 Å². The van der Waals surface area contributed by atoms with Crippen LogP contribution in [0.15, 0.2) is 36.4 Å². The fraction of sp³-hybridized carbons (Fsp3) is 0.391. The monoisotopic (exact) mass is 350 g/mol. The Morgan fingerprint density at radius 3 is 1.88 bits per heavy atom. The topological polar surface area (TPSA) is 54.4 Å². The Labute approximate surface area is 155 Å². The van der Waals surface area contributed by atoms with Crippen molar-refractivity contribution in [2.24, 2.45) is 0 Å². The van der Waals surface area contributed by atoms with Gasteiger partial charge >= 0.3 is 5.97 Å². The summed E-state index contributed by atoms with van der Waals surface area (Å²) in [5.41, 5.74) is 6.67. The number of aryl methyl sites for hydroxylation is 1. The van der Waals surface area contributed by atoms with Crippen LogP contribution in [-0.2, 0) is 15.6 Å². The lowest BCUT2D eigenvalue weighted by atomic mass is 9.62. The average Bonchev–Trinajstić information content (AvgIpc) is 2.58. The number of carbonyl (C=O) groups is 2. The highest BCUT2D eigenvalue weighted by atomic mass is 16.4. The van der Waals surface area contributed by atoms with Crippen molar-refractivity contribution >= 4 is 11.8 Å². The van der Waals surface area contributed by atoms with Crippen molar-refractivity contribution < 1.29 is 14.7 Å². The van der Waals surface area contributed by atoms with Gasteiger partial charge in [0.2, 0.25) is 0 Å². The van der Waals surface area contributed by atoms with E-state index in [1.165, 1.54) is 23.1 Å². The molecular formula is C23H26O3. The lowest BCUT2D eigenvalue weighted by Gasteiger charge is -2.42. The Kier molecular flexibility index (Phi) is 4.30. The van der Waals surface area contributed by atoms with E-state index in [0.717, 1.165) is 17.5 Å². The zero-order chi connectivity index (χ0) is 19.3. The second-order valence-electron chi connectivity index (χ2n) is 8.69. The predicted octanol–water partition coefficient (Wildman–Crippen LogP) is 5.28. The summed E-state index contributed by atoms with van der Waals surface area (Å²) in [4.78, 5) is 22.5. The van der Waals surface area contributed by atoms with E-state index in [-0.39, 0.29) is 16.4 Å². The first-order valence-electron chi connectivity index (χ1n) is 9.07. The molecule has 0 saturated carbocycles. The Bertz CT molecular complexity index is 886. The summed E-state index contributed by atoms with van der Waals surface area (Å²) in [7, 11) is 0. The fourth-order valence-corrected chi connectivity index (χ4v) is 3.96. The van der Waals surface area contributed by atoms with Crippen molar-refractivity contribution in [3.05, 3.63) is 58.7 Å². The normalized spacial score (nSPS) is 17.4. The Morgan fingerprint density at radius 2 is 1.38 bits per heavy atom. The minimum Gasteiger partial charge on any atom is -0.475 e. The highest BCUT2D eigenvalue weighted by Gasteiger charge is 2.37. The maximum absolute atomic E-state index is 11.6. The zero-order valence-corrected chi connectivity index (χ0v) is 16.1. The van der Waals surface area contributed by atoms with Crippen molar-refractivity contribution in [1.82, 2.24) is 0 Å². The van der Waals surface area contributed by atoms with Crippen LogP contribution in [0.4, 0.5) is 0 Å². The summed E-state index contributed by atoms with van der Waals surface area (Å²) in [5, 5.41) is 8.86. The van der Waals surface area contributed by atoms with E-state index in [0.29, 0.717) is 0 Å². The second-order valence-corrected chi connectivity index (χ2v) is 8.69. The van der Waals surface area contributed by atoms with Gasteiger partial charge in [-0.3, -0.25) is 4.79 Å². The highest BCUT2D eigenvalue weighted by molar-refractivity contribution is 6.39. The van der Waals surface area contributed by atoms with Crippen LogP contribution in [-0.4, -0.2) is 16.9 Å². The third-order valence-corrected chi connectivity index (χ3v) is 5.85. The first kappa shape index (κ1) is 18.4. The number of carboxylic acid groups (broad SMARTS) is 1. The minimum absolute atomic E-state index is 0.131. The third-order valence-electron chi connectivity index (χ3n) is 5.85. The molecule has 3 rings (SSSR count). The maximum atomic E-state index is 11.6. The number of ketones is 1. The van der Waals surface area contributed by atoms with Crippen LogP contribution in [0.25, 0.3) is 11.1 Å². The molecule has 2 aromatic carbocycles. The van der Waals surface area contributed by atoms with Crippen molar-refractivity contribution in [3.8, 4) is 11.1 Å². The number of carboxylic acids is 1. The van der Waals surface area contributed by atoms with Gasteiger partial charge in [0.25, 0.3) is 5.78 Å². The van der Waals surface area contributed by atoms with Crippen LogP contribution in [0.5, 0.6) is 0 Å². The number of Topliss-reactive ketones (excluding diaryl/α,β-unsaturated/α-hetero) is 1. The molecule has 0 unspecified atom stereocenters. The summed E-state index contributed by atoms with van der Waals surface area (Å²) in [6.45, 7) is 11.3. The van der Waals surface area contributed by atoms with E-state index in [2.05, 4.69) is 46.8 Å². The molecule has 3 nitrogen and oxygen atoms in total. The molecule has 0 atom stereocenters. The van der Waals surface area contributed by atoms with Crippen LogP contribution < -0.4 is 0 Å². The number of hydrogen-bond acceptors (Lipinski definition) is 2. The van der Waals surface area contributed by atoms with Crippen LogP contribution >= 0.6 is 0 Å². The number of hydrogen-bond donors (Lipinski definition) is 1. The number of fused-ring (bicyclic) bond motifs is 1. The van der Waals surface area contributed by atoms with Crippen LogP contribution in [0.1, 0.15) is 67.6 Å². The maximum Gasteiger partial charge on any atom is 0.377 e. The lowest BCUT2D eigenvalue weighted by molar-refractivity contribution is -0.131. The summed E-state index contributed by atoms with van der Waals surface area (Å²) < 4.78 is 0. The van der Waals surface area contributed by atoms with Gasteiger partial charge in [-0.15, -0.1) is 0 Å². The van der Waals surface area contributed by atoms with Gasteiger partial charge < -0.3 is 5.11 Å². The quantitative estimate of drug-likeness (QED) is 0.605. The van der Waals surface area contributed by atoms with Gasteiger partial charge in [-0.05, 0) is 58.4 Å². The predicted molar refractivity (Wildman–Crippen MR) is 104 cm³/mol. The number of carbonyl (C=O) groups excluding carboxylic acids is 1. The zero-order valence-electron chi connectivity index (χ0n) is 16.1. The number of benzene rings is 2. The van der Waals surface area contributed by atoms with Gasteiger partial charge in [-0.2, -0.15) is 0 Å². The molecule has 0 saturated heterocycles. The van der Waals surface area contributed by atoms with Gasteiger partial charge in [0.15, 0.2) is 0 Å². The van der Waals surface area contributed by atoms with E-state index in [1.54, 1.807) is 12.1 Å². The molecule has 136 valence electrons. The first-order chi connectivity index (χ1) is 12.0. The van der Waals surface area contributed by atoms with Crippen molar-refractivity contribution in [2.75, 3.05) is 0 Å². The van der Waals surface area contributed by atoms with Crippen molar-refractivity contribution in [1.29, 1.82) is 0 Å². The second kappa shape index (κ2) is 6.08. The molecule has 3 heteroatoms. The van der Waals surface area contributed by atoms with E-state index in [1.807, 2.05) is 12.1 Å². The molecule has 0 bridgehead atoms. The lowest BCUT2D eigenvalue weighted by Crippen LogP contribution is -2.34. The molecule has 0 fully saturated rings. The van der Waals surface area contributed by atoms with E-state index in [9.17, 15) is 9.59 Å². The van der Waals surface area contributed by atoms with Crippen LogP contribution in [0.3, 0.4) is 0 Å². The van der Waals surface area contributed by atoms with Gasteiger partial charge in [-0.25, -0.2) is 4.79 Å². The van der Waals surface area contributed by atoms with Crippen LogP contribution in [0, 0.1) is 6.92 Å². The summed E-state index contributed by atoms with van der Waals surface area (Å²) in [6.07, 6.45) is 2.33. The van der Waals surface area contributed by atoms with Crippen LogP contribution in [0.2, 0.25) is 0 Å². The molecule has 1 N–H and O–H groups in total. The minimum atomic E-state index is -1.42. The summed E-state index contributed by atoms with van der Waals surface area (Å²) in [5.74, 6) is -2.30.